The van der Waals surface area contributed by atoms with Gasteiger partial charge in [-0.2, -0.15) is 0 Å². The molecule has 1 nitrogen and oxygen atoms in total. The standard InChI is InChI=1S/C10H11NS/c11-5-3-8-1-2-10-9(7-8)4-6-12-10/h1-2,4,6-7H,3,5,11H2. The molecule has 0 aliphatic heterocycles. The summed E-state index contributed by atoms with van der Waals surface area (Å²) < 4.78 is 1.36. The predicted octanol–water partition coefficient (Wildman–Crippen LogP) is 2.40. The molecule has 2 heteroatoms. The lowest BCUT2D eigenvalue weighted by atomic mass is 10.1. The molecule has 12 heavy (non-hydrogen) atoms. The quantitative estimate of drug-likeness (QED) is 0.749. The van der Waals surface area contributed by atoms with Gasteiger partial charge in [0.15, 0.2) is 0 Å². The van der Waals surface area contributed by atoms with Crippen LogP contribution in [0.3, 0.4) is 0 Å². The molecule has 0 saturated heterocycles. The Hall–Kier alpha value is -0.860. The third kappa shape index (κ3) is 1.36. The minimum absolute atomic E-state index is 0.732. The monoisotopic (exact) mass is 177 g/mol. The summed E-state index contributed by atoms with van der Waals surface area (Å²) in [7, 11) is 0. The van der Waals surface area contributed by atoms with Gasteiger partial charge in [0.05, 0.1) is 0 Å². The van der Waals surface area contributed by atoms with Crippen LogP contribution >= 0.6 is 11.3 Å². The zero-order chi connectivity index (χ0) is 8.39. The largest absolute Gasteiger partial charge is 0.330 e. The third-order valence-electron chi connectivity index (χ3n) is 1.95. The molecule has 1 aromatic heterocycles. The summed E-state index contributed by atoms with van der Waals surface area (Å²) in [5.74, 6) is 0. The molecule has 0 fully saturated rings. The molecule has 2 rings (SSSR count). The molecular formula is C10H11NS. The second-order valence-electron chi connectivity index (χ2n) is 2.83. The van der Waals surface area contributed by atoms with Gasteiger partial charge < -0.3 is 5.73 Å². The molecule has 1 aromatic carbocycles. The summed E-state index contributed by atoms with van der Waals surface area (Å²) in [5, 5.41) is 3.46. The lowest BCUT2D eigenvalue weighted by molar-refractivity contribution is 0.971. The van der Waals surface area contributed by atoms with Gasteiger partial charge in [-0.3, -0.25) is 0 Å². The Kier molecular flexibility index (Phi) is 2.11. The SMILES string of the molecule is NCCc1ccc2sccc2c1. The van der Waals surface area contributed by atoms with Crippen molar-refractivity contribution < 1.29 is 0 Å². The van der Waals surface area contributed by atoms with Crippen LogP contribution in [-0.2, 0) is 6.42 Å². The third-order valence-corrected chi connectivity index (χ3v) is 2.85. The zero-order valence-corrected chi connectivity index (χ0v) is 7.60. The number of hydrogen-bond acceptors (Lipinski definition) is 2. The fraction of sp³-hybridized carbons (Fsp3) is 0.200. The summed E-state index contributed by atoms with van der Waals surface area (Å²) >= 11 is 1.78. The van der Waals surface area contributed by atoms with E-state index in [4.69, 9.17) is 5.73 Å². The van der Waals surface area contributed by atoms with E-state index in [1.54, 1.807) is 11.3 Å². The van der Waals surface area contributed by atoms with Gasteiger partial charge >= 0.3 is 0 Å². The van der Waals surface area contributed by atoms with Crippen molar-refractivity contribution in [1.29, 1.82) is 0 Å². The summed E-state index contributed by atoms with van der Waals surface area (Å²) in [6, 6.07) is 8.70. The molecule has 2 aromatic rings. The van der Waals surface area contributed by atoms with Crippen molar-refractivity contribution >= 4 is 21.4 Å². The van der Waals surface area contributed by atoms with Crippen LogP contribution in [-0.4, -0.2) is 6.54 Å². The fourth-order valence-corrected chi connectivity index (χ4v) is 2.11. The molecule has 0 aliphatic carbocycles. The van der Waals surface area contributed by atoms with E-state index in [-0.39, 0.29) is 0 Å². The number of thiophene rings is 1. The van der Waals surface area contributed by atoms with Gasteiger partial charge in [0.1, 0.15) is 0 Å². The highest BCUT2D eigenvalue weighted by atomic mass is 32.1. The maximum Gasteiger partial charge on any atom is 0.0342 e. The first-order chi connectivity index (χ1) is 5.90. The predicted molar refractivity (Wildman–Crippen MR) is 54.6 cm³/mol. The van der Waals surface area contributed by atoms with Crippen molar-refractivity contribution in [2.45, 2.75) is 6.42 Å². The van der Waals surface area contributed by atoms with Crippen LogP contribution in [0.2, 0.25) is 0 Å². The molecule has 62 valence electrons. The molecule has 0 saturated carbocycles. The average Bonchev–Trinajstić information content (AvgIpc) is 2.51. The Morgan fingerprint density at radius 2 is 2.17 bits per heavy atom. The van der Waals surface area contributed by atoms with Gasteiger partial charge in [-0.25, -0.2) is 0 Å². The molecule has 1 heterocycles. The number of benzene rings is 1. The van der Waals surface area contributed by atoms with Crippen LogP contribution in [0.1, 0.15) is 5.56 Å². The van der Waals surface area contributed by atoms with Crippen LogP contribution < -0.4 is 5.73 Å². The Bertz CT molecular complexity index is 378. The van der Waals surface area contributed by atoms with Gasteiger partial charge in [-0.1, -0.05) is 12.1 Å². The molecule has 2 N–H and O–H groups in total. The first kappa shape index (κ1) is 7.77. The molecule has 0 amide bonds. The highest BCUT2D eigenvalue weighted by Crippen LogP contribution is 2.21. The minimum Gasteiger partial charge on any atom is -0.330 e. The van der Waals surface area contributed by atoms with E-state index in [0.717, 1.165) is 13.0 Å². The van der Waals surface area contributed by atoms with Crippen LogP contribution in [0.4, 0.5) is 0 Å². The molecule has 0 atom stereocenters. The van der Waals surface area contributed by atoms with Crippen molar-refractivity contribution in [2.75, 3.05) is 6.54 Å². The average molecular weight is 177 g/mol. The zero-order valence-electron chi connectivity index (χ0n) is 6.79. The van der Waals surface area contributed by atoms with E-state index < -0.39 is 0 Å². The smallest absolute Gasteiger partial charge is 0.0342 e. The molecule has 0 unspecified atom stereocenters. The van der Waals surface area contributed by atoms with Gasteiger partial charge in [-0.05, 0) is 41.4 Å². The minimum atomic E-state index is 0.732. The normalized spacial score (nSPS) is 10.8. The van der Waals surface area contributed by atoms with Crippen molar-refractivity contribution in [3.05, 3.63) is 35.2 Å². The Balaban J connectivity index is 2.46. The molecule has 0 aliphatic rings. The highest BCUT2D eigenvalue weighted by Gasteiger charge is 1.95. The van der Waals surface area contributed by atoms with Crippen molar-refractivity contribution in [2.24, 2.45) is 5.73 Å². The summed E-state index contributed by atoms with van der Waals surface area (Å²) in [4.78, 5) is 0. The molecular weight excluding hydrogens is 166 g/mol. The van der Waals surface area contributed by atoms with Crippen molar-refractivity contribution in [3.63, 3.8) is 0 Å². The molecule has 0 spiro atoms. The van der Waals surface area contributed by atoms with Gasteiger partial charge in [0.25, 0.3) is 0 Å². The Labute approximate surface area is 75.8 Å². The Morgan fingerprint density at radius 3 is 3.00 bits per heavy atom. The van der Waals surface area contributed by atoms with E-state index in [2.05, 4.69) is 29.6 Å². The van der Waals surface area contributed by atoms with E-state index in [9.17, 15) is 0 Å². The fourth-order valence-electron chi connectivity index (χ4n) is 1.34. The van der Waals surface area contributed by atoms with E-state index >= 15 is 0 Å². The second-order valence-corrected chi connectivity index (χ2v) is 3.78. The van der Waals surface area contributed by atoms with Crippen molar-refractivity contribution in [1.82, 2.24) is 0 Å². The lowest BCUT2D eigenvalue weighted by Gasteiger charge is -1.97. The first-order valence-corrected chi connectivity index (χ1v) is 4.94. The van der Waals surface area contributed by atoms with E-state index in [0.29, 0.717) is 0 Å². The van der Waals surface area contributed by atoms with E-state index in [1.807, 2.05) is 0 Å². The van der Waals surface area contributed by atoms with Crippen LogP contribution in [0, 0.1) is 0 Å². The number of fused-ring (bicyclic) bond motifs is 1. The number of hydrogen-bond donors (Lipinski definition) is 1. The summed E-state index contributed by atoms with van der Waals surface area (Å²) in [6.45, 7) is 0.732. The number of rotatable bonds is 2. The Morgan fingerprint density at radius 1 is 1.25 bits per heavy atom. The van der Waals surface area contributed by atoms with Crippen LogP contribution in [0.25, 0.3) is 10.1 Å². The lowest BCUT2D eigenvalue weighted by Crippen LogP contribution is -2.02. The van der Waals surface area contributed by atoms with Crippen LogP contribution in [0.15, 0.2) is 29.6 Å². The van der Waals surface area contributed by atoms with Gasteiger partial charge in [0, 0.05) is 4.70 Å². The highest BCUT2D eigenvalue weighted by molar-refractivity contribution is 7.17. The molecule has 0 bridgehead atoms. The maximum atomic E-state index is 5.48. The second kappa shape index (κ2) is 3.25. The molecule has 0 radical (unpaired) electrons. The maximum absolute atomic E-state index is 5.48. The summed E-state index contributed by atoms with van der Waals surface area (Å²) in [5.41, 5.74) is 6.82. The van der Waals surface area contributed by atoms with E-state index in [1.165, 1.54) is 15.6 Å². The summed E-state index contributed by atoms with van der Waals surface area (Å²) in [6.07, 6.45) is 0.978. The first-order valence-electron chi connectivity index (χ1n) is 4.06. The van der Waals surface area contributed by atoms with Gasteiger partial charge in [0.2, 0.25) is 0 Å². The van der Waals surface area contributed by atoms with Crippen LogP contribution in [0.5, 0.6) is 0 Å². The topological polar surface area (TPSA) is 26.0 Å². The van der Waals surface area contributed by atoms with Gasteiger partial charge in [-0.15, -0.1) is 11.3 Å². The van der Waals surface area contributed by atoms with Crippen molar-refractivity contribution in [3.8, 4) is 0 Å². The number of nitrogens with two attached hydrogens (primary N) is 1.